The summed E-state index contributed by atoms with van der Waals surface area (Å²) in [6, 6.07) is 15.0. The summed E-state index contributed by atoms with van der Waals surface area (Å²) in [5, 5.41) is 11.3. The van der Waals surface area contributed by atoms with Crippen LogP contribution in [0.25, 0.3) is 0 Å². The summed E-state index contributed by atoms with van der Waals surface area (Å²) in [6.07, 6.45) is 0.511. The summed E-state index contributed by atoms with van der Waals surface area (Å²) < 4.78 is 16.4. The minimum atomic E-state index is -0.973. The maximum atomic E-state index is 11.5. The monoisotopic (exact) mass is 387 g/mol. The van der Waals surface area contributed by atoms with Gasteiger partial charge in [0.05, 0.1) is 13.5 Å². The Labute approximate surface area is 164 Å². The molecule has 0 aliphatic rings. The fourth-order valence-electron chi connectivity index (χ4n) is 2.42. The van der Waals surface area contributed by atoms with Gasteiger partial charge in [-0.3, -0.25) is 9.59 Å². The Balaban J connectivity index is 1.64. The normalized spacial score (nSPS) is 10.2. The average Bonchev–Trinajstić information content (AvgIpc) is 2.71. The van der Waals surface area contributed by atoms with E-state index in [1.165, 1.54) is 0 Å². The Kier molecular flexibility index (Phi) is 8.65. The number of rotatable bonds is 12. The van der Waals surface area contributed by atoms with Crippen molar-refractivity contribution in [3.05, 3.63) is 54.1 Å². The van der Waals surface area contributed by atoms with Gasteiger partial charge in [-0.05, 0) is 36.2 Å². The fourth-order valence-corrected chi connectivity index (χ4v) is 2.42. The van der Waals surface area contributed by atoms with E-state index < -0.39 is 5.97 Å². The number of carboxylic acid groups (broad SMARTS) is 1. The maximum Gasteiger partial charge on any atom is 0.303 e. The summed E-state index contributed by atoms with van der Waals surface area (Å²) in [6.45, 7) is 1.29. The van der Waals surface area contributed by atoms with Gasteiger partial charge in [0.2, 0.25) is 5.91 Å². The number of hydrogen-bond acceptors (Lipinski definition) is 5. The minimum Gasteiger partial charge on any atom is -0.497 e. The van der Waals surface area contributed by atoms with Crippen molar-refractivity contribution in [3.8, 4) is 17.2 Å². The lowest BCUT2D eigenvalue weighted by atomic mass is 10.1. The standard InChI is InChI=1S/C21H25NO6/c1-26-18-3-2-4-19(15-18)28-14-13-27-17-7-5-16(6-8-17)11-12-22-20(23)9-10-21(24)25/h2-8,15H,9-14H2,1H3,(H,22,23)(H,24,25). The number of carbonyl (C=O) groups is 2. The second kappa shape index (κ2) is 11.5. The molecule has 2 N–H and O–H groups in total. The van der Waals surface area contributed by atoms with Crippen molar-refractivity contribution in [2.24, 2.45) is 0 Å². The molecule has 0 aliphatic carbocycles. The Morgan fingerprint density at radius 1 is 0.929 bits per heavy atom. The van der Waals surface area contributed by atoms with Crippen LogP contribution in [0.2, 0.25) is 0 Å². The van der Waals surface area contributed by atoms with Crippen LogP contribution in [0.15, 0.2) is 48.5 Å². The lowest BCUT2D eigenvalue weighted by molar-refractivity contribution is -0.138. The van der Waals surface area contributed by atoms with Crippen LogP contribution in [0.1, 0.15) is 18.4 Å². The zero-order valence-corrected chi connectivity index (χ0v) is 15.8. The molecule has 0 unspecified atom stereocenters. The highest BCUT2D eigenvalue weighted by molar-refractivity contribution is 5.80. The van der Waals surface area contributed by atoms with Crippen LogP contribution in [0.4, 0.5) is 0 Å². The third-order valence-electron chi connectivity index (χ3n) is 3.89. The van der Waals surface area contributed by atoms with Gasteiger partial charge in [-0.15, -0.1) is 0 Å². The summed E-state index contributed by atoms with van der Waals surface area (Å²) in [4.78, 5) is 21.9. The summed E-state index contributed by atoms with van der Waals surface area (Å²) in [5.74, 6) is 0.984. The van der Waals surface area contributed by atoms with Gasteiger partial charge in [-0.2, -0.15) is 0 Å². The van der Waals surface area contributed by atoms with E-state index >= 15 is 0 Å². The largest absolute Gasteiger partial charge is 0.497 e. The first-order chi connectivity index (χ1) is 13.6. The van der Waals surface area contributed by atoms with E-state index in [9.17, 15) is 9.59 Å². The van der Waals surface area contributed by atoms with Gasteiger partial charge in [-0.25, -0.2) is 0 Å². The maximum absolute atomic E-state index is 11.5. The van der Waals surface area contributed by atoms with Crippen LogP contribution >= 0.6 is 0 Å². The lowest BCUT2D eigenvalue weighted by Crippen LogP contribution is -2.25. The molecule has 2 rings (SSSR count). The first kappa shape index (κ1) is 21.1. The van der Waals surface area contributed by atoms with Gasteiger partial charge in [0.25, 0.3) is 0 Å². The topological polar surface area (TPSA) is 94.1 Å². The van der Waals surface area contributed by atoms with E-state index in [1.807, 2.05) is 48.5 Å². The summed E-state index contributed by atoms with van der Waals surface area (Å²) >= 11 is 0. The Hall–Kier alpha value is -3.22. The van der Waals surface area contributed by atoms with Crippen molar-refractivity contribution in [3.63, 3.8) is 0 Å². The van der Waals surface area contributed by atoms with Crippen molar-refractivity contribution in [1.82, 2.24) is 5.32 Å². The predicted octanol–water partition coefficient (Wildman–Crippen LogP) is 2.68. The Bertz CT molecular complexity index is 760. The molecule has 1 amide bonds. The van der Waals surface area contributed by atoms with Crippen LogP contribution in [0.3, 0.4) is 0 Å². The number of nitrogens with one attached hydrogen (secondary N) is 1. The number of amides is 1. The van der Waals surface area contributed by atoms with Gasteiger partial charge < -0.3 is 24.6 Å². The van der Waals surface area contributed by atoms with Crippen LogP contribution in [0, 0.1) is 0 Å². The average molecular weight is 387 g/mol. The SMILES string of the molecule is COc1cccc(OCCOc2ccc(CCNC(=O)CCC(=O)O)cc2)c1. The van der Waals surface area contributed by atoms with E-state index in [2.05, 4.69) is 5.32 Å². The van der Waals surface area contributed by atoms with Crippen LogP contribution < -0.4 is 19.5 Å². The molecule has 2 aromatic rings. The second-order valence-corrected chi connectivity index (χ2v) is 6.01. The summed E-state index contributed by atoms with van der Waals surface area (Å²) in [5.41, 5.74) is 1.05. The number of hydrogen-bond donors (Lipinski definition) is 2. The number of carboxylic acids is 1. The number of aliphatic carboxylic acids is 1. The van der Waals surface area contributed by atoms with E-state index in [0.717, 1.165) is 22.8 Å². The molecule has 2 aromatic carbocycles. The molecule has 0 fully saturated rings. The Morgan fingerprint density at radius 2 is 1.61 bits per heavy atom. The molecule has 0 spiro atoms. The van der Waals surface area contributed by atoms with Gasteiger partial charge in [0.15, 0.2) is 0 Å². The van der Waals surface area contributed by atoms with E-state index in [4.69, 9.17) is 19.3 Å². The molecular formula is C21H25NO6. The third kappa shape index (κ3) is 7.99. The summed E-state index contributed by atoms with van der Waals surface area (Å²) in [7, 11) is 1.61. The first-order valence-corrected chi connectivity index (χ1v) is 9.04. The van der Waals surface area contributed by atoms with E-state index in [1.54, 1.807) is 7.11 Å². The number of benzene rings is 2. The predicted molar refractivity (Wildman–Crippen MR) is 104 cm³/mol. The van der Waals surface area contributed by atoms with Crippen LogP contribution in [-0.2, 0) is 16.0 Å². The lowest BCUT2D eigenvalue weighted by Gasteiger charge is -2.10. The van der Waals surface area contributed by atoms with Crippen molar-refractivity contribution < 1.29 is 28.9 Å². The van der Waals surface area contributed by atoms with Crippen molar-refractivity contribution in [1.29, 1.82) is 0 Å². The molecule has 0 aliphatic heterocycles. The minimum absolute atomic E-state index is 0.0000548. The highest BCUT2D eigenvalue weighted by Gasteiger charge is 2.05. The molecule has 0 atom stereocenters. The molecule has 0 bridgehead atoms. The molecule has 0 heterocycles. The van der Waals surface area contributed by atoms with E-state index in [-0.39, 0.29) is 18.7 Å². The van der Waals surface area contributed by atoms with Gasteiger partial charge in [-0.1, -0.05) is 18.2 Å². The van der Waals surface area contributed by atoms with Gasteiger partial charge >= 0.3 is 5.97 Å². The smallest absolute Gasteiger partial charge is 0.303 e. The zero-order valence-electron chi connectivity index (χ0n) is 15.8. The Morgan fingerprint density at radius 3 is 2.29 bits per heavy atom. The molecule has 28 heavy (non-hydrogen) atoms. The highest BCUT2D eigenvalue weighted by Crippen LogP contribution is 2.19. The van der Waals surface area contributed by atoms with Crippen molar-refractivity contribution in [2.45, 2.75) is 19.3 Å². The molecule has 150 valence electrons. The van der Waals surface area contributed by atoms with Crippen LogP contribution in [-0.4, -0.2) is 43.9 Å². The zero-order chi connectivity index (χ0) is 20.2. The molecule has 7 heteroatoms. The number of carbonyl (C=O) groups excluding carboxylic acids is 1. The molecule has 0 radical (unpaired) electrons. The molecule has 0 saturated carbocycles. The molecular weight excluding hydrogens is 362 g/mol. The number of ether oxygens (including phenoxy) is 3. The fraction of sp³-hybridized carbons (Fsp3) is 0.333. The van der Waals surface area contributed by atoms with Crippen molar-refractivity contribution in [2.75, 3.05) is 26.9 Å². The molecule has 0 aromatic heterocycles. The van der Waals surface area contributed by atoms with Gasteiger partial charge in [0.1, 0.15) is 30.5 Å². The van der Waals surface area contributed by atoms with Gasteiger partial charge in [0, 0.05) is 19.0 Å². The molecule has 0 saturated heterocycles. The quantitative estimate of drug-likeness (QED) is 0.544. The second-order valence-electron chi connectivity index (χ2n) is 6.01. The first-order valence-electron chi connectivity index (χ1n) is 9.04. The van der Waals surface area contributed by atoms with Crippen molar-refractivity contribution >= 4 is 11.9 Å². The highest BCUT2D eigenvalue weighted by atomic mass is 16.5. The number of methoxy groups -OCH3 is 1. The van der Waals surface area contributed by atoms with E-state index in [0.29, 0.717) is 26.2 Å². The van der Waals surface area contributed by atoms with Crippen LogP contribution in [0.5, 0.6) is 17.2 Å². The molecule has 7 nitrogen and oxygen atoms in total. The third-order valence-corrected chi connectivity index (χ3v) is 3.89.